The Hall–Kier alpha value is -3.12. The van der Waals surface area contributed by atoms with Crippen LogP contribution in [0, 0.1) is 6.92 Å². The van der Waals surface area contributed by atoms with Crippen molar-refractivity contribution in [2.75, 3.05) is 17.7 Å². The molecule has 0 spiro atoms. The lowest BCUT2D eigenvalue weighted by molar-refractivity contribution is 0.102. The second-order valence-electron chi connectivity index (χ2n) is 5.54. The van der Waals surface area contributed by atoms with Gasteiger partial charge in [-0.25, -0.2) is 9.97 Å². The summed E-state index contributed by atoms with van der Waals surface area (Å²) in [4.78, 5) is 20.8. The molecule has 0 saturated heterocycles. The van der Waals surface area contributed by atoms with Crippen LogP contribution in [0.15, 0.2) is 54.7 Å². The first-order valence-electron chi connectivity index (χ1n) is 7.87. The zero-order valence-corrected chi connectivity index (χ0v) is 15.0. The van der Waals surface area contributed by atoms with Gasteiger partial charge in [0.25, 0.3) is 5.91 Å². The molecular weight excluding hydrogens is 352 g/mol. The summed E-state index contributed by atoms with van der Waals surface area (Å²) in [7, 11) is 1.61. The first kappa shape index (κ1) is 17.7. The third-order valence-electron chi connectivity index (χ3n) is 3.66. The van der Waals surface area contributed by atoms with Gasteiger partial charge in [-0.05, 0) is 55.0 Å². The minimum absolute atomic E-state index is 0.243. The van der Waals surface area contributed by atoms with Crippen LogP contribution < -0.4 is 15.4 Å². The van der Waals surface area contributed by atoms with Crippen LogP contribution in [0.4, 0.5) is 17.3 Å². The van der Waals surface area contributed by atoms with E-state index in [1.165, 1.54) is 6.20 Å². The van der Waals surface area contributed by atoms with Gasteiger partial charge in [0.15, 0.2) is 0 Å². The predicted molar refractivity (Wildman–Crippen MR) is 102 cm³/mol. The largest absolute Gasteiger partial charge is 0.497 e. The molecule has 0 unspecified atom stereocenters. The Balaban J connectivity index is 1.73. The zero-order chi connectivity index (χ0) is 18.5. The first-order valence-corrected chi connectivity index (χ1v) is 8.24. The third kappa shape index (κ3) is 4.29. The quantitative estimate of drug-likeness (QED) is 0.696. The molecule has 6 nitrogen and oxygen atoms in total. The second kappa shape index (κ2) is 7.84. The van der Waals surface area contributed by atoms with Crippen LogP contribution in [-0.2, 0) is 0 Å². The summed E-state index contributed by atoms with van der Waals surface area (Å²) in [6.45, 7) is 1.90. The van der Waals surface area contributed by atoms with Crippen molar-refractivity contribution in [3.63, 3.8) is 0 Å². The third-order valence-corrected chi connectivity index (χ3v) is 4.07. The van der Waals surface area contributed by atoms with Crippen LogP contribution in [-0.4, -0.2) is 23.0 Å². The van der Waals surface area contributed by atoms with Gasteiger partial charge in [-0.15, -0.1) is 0 Å². The fourth-order valence-corrected chi connectivity index (χ4v) is 2.40. The molecular formula is C19H17ClN4O2. The van der Waals surface area contributed by atoms with Gasteiger partial charge in [0.1, 0.15) is 11.4 Å². The molecule has 1 aromatic heterocycles. The Labute approximate surface area is 156 Å². The predicted octanol–water partition coefficient (Wildman–Crippen LogP) is 4.44. The SMILES string of the molecule is COc1ccc(Nc2nccc(C(=O)Nc3ccc(C)c(Cl)c3)n2)cc1. The van der Waals surface area contributed by atoms with Crippen molar-refractivity contribution in [1.82, 2.24) is 9.97 Å². The Kier molecular flexibility index (Phi) is 5.34. The smallest absolute Gasteiger partial charge is 0.274 e. The van der Waals surface area contributed by atoms with E-state index in [4.69, 9.17) is 16.3 Å². The number of anilines is 3. The van der Waals surface area contributed by atoms with E-state index in [0.29, 0.717) is 16.7 Å². The minimum atomic E-state index is -0.342. The zero-order valence-electron chi connectivity index (χ0n) is 14.3. The molecule has 7 heteroatoms. The summed E-state index contributed by atoms with van der Waals surface area (Å²) in [5.74, 6) is 0.733. The van der Waals surface area contributed by atoms with Gasteiger partial charge in [0.05, 0.1) is 7.11 Å². The maximum Gasteiger partial charge on any atom is 0.274 e. The van der Waals surface area contributed by atoms with E-state index in [-0.39, 0.29) is 11.6 Å². The van der Waals surface area contributed by atoms with E-state index in [2.05, 4.69) is 20.6 Å². The lowest BCUT2D eigenvalue weighted by Gasteiger charge is -2.09. The van der Waals surface area contributed by atoms with Crippen molar-refractivity contribution in [2.45, 2.75) is 6.92 Å². The van der Waals surface area contributed by atoms with Gasteiger partial charge in [-0.2, -0.15) is 0 Å². The number of hydrogen-bond donors (Lipinski definition) is 2. The van der Waals surface area contributed by atoms with Crippen molar-refractivity contribution in [1.29, 1.82) is 0 Å². The normalized spacial score (nSPS) is 10.3. The summed E-state index contributed by atoms with van der Waals surface area (Å²) in [6, 6.07) is 14.2. The van der Waals surface area contributed by atoms with Gasteiger partial charge < -0.3 is 15.4 Å². The number of nitrogens with zero attached hydrogens (tertiary/aromatic N) is 2. The van der Waals surface area contributed by atoms with Crippen molar-refractivity contribution in [2.24, 2.45) is 0 Å². The molecule has 0 saturated carbocycles. The van der Waals surface area contributed by atoms with E-state index in [0.717, 1.165) is 17.0 Å². The van der Waals surface area contributed by atoms with Gasteiger partial charge in [0.2, 0.25) is 5.95 Å². The molecule has 1 amide bonds. The lowest BCUT2D eigenvalue weighted by Crippen LogP contribution is -2.14. The molecule has 0 atom stereocenters. The average Bonchev–Trinajstić information content (AvgIpc) is 2.65. The number of aryl methyl sites for hydroxylation is 1. The van der Waals surface area contributed by atoms with Gasteiger partial charge in [-0.3, -0.25) is 4.79 Å². The number of hydrogen-bond acceptors (Lipinski definition) is 5. The Morgan fingerprint density at radius 3 is 2.50 bits per heavy atom. The molecule has 1 heterocycles. The monoisotopic (exact) mass is 368 g/mol. The molecule has 0 bridgehead atoms. The van der Waals surface area contributed by atoms with Crippen molar-refractivity contribution < 1.29 is 9.53 Å². The molecule has 0 aliphatic rings. The molecule has 0 fully saturated rings. The van der Waals surface area contributed by atoms with Crippen molar-refractivity contribution in [3.05, 3.63) is 71.0 Å². The highest BCUT2D eigenvalue weighted by atomic mass is 35.5. The Bertz CT molecular complexity index is 929. The molecule has 0 aliphatic carbocycles. The summed E-state index contributed by atoms with van der Waals surface area (Å²) in [5.41, 5.74) is 2.58. The van der Waals surface area contributed by atoms with Crippen LogP contribution in [0.2, 0.25) is 5.02 Å². The highest BCUT2D eigenvalue weighted by molar-refractivity contribution is 6.31. The Morgan fingerprint density at radius 2 is 1.81 bits per heavy atom. The molecule has 132 valence electrons. The minimum Gasteiger partial charge on any atom is -0.497 e. The van der Waals surface area contributed by atoms with E-state index in [9.17, 15) is 4.79 Å². The number of aromatic nitrogens is 2. The highest BCUT2D eigenvalue weighted by Crippen LogP contribution is 2.21. The molecule has 3 rings (SSSR count). The molecule has 0 radical (unpaired) electrons. The first-order chi connectivity index (χ1) is 12.5. The second-order valence-corrected chi connectivity index (χ2v) is 5.94. The van der Waals surface area contributed by atoms with E-state index in [1.807, 2.05) is 37.3 Å². The standard InChI is InChI=1S/C19H17ClN4O2/c1-12-3-4-14(11-16(12)20)22-18(25)17-9-10-21-19(24-17)23-13-5-7-15(26-2)8-6-13/h3-11H,1-2H3,(H,22,25)(H,21,23,24). The number of benzene rings is 2. The molecule has 3 aromatic rings. The van der Waals surface area contributed by atoms with Gasteiger partial charge in [-0.1, -0.05) is 17.7 Å². The fourth-order valence-electron chi connectivity index (χ4n) is 2.21. The summed E-state index contributed by atoms with van der Waals surface area (Å²) >= 11 is 6.08. The van der Waals surface area contributed by atoms with Gasteiger partial charge >= 0.3 is 0 Å². The summed E-state index contributed by atoms with van der Waals surface area (Å²) < 4.78 is 5.12. The van der Waals surface area contributed by atoms with Crippen LogP contribution in [0.25, 0.3) is 0 Å². The number of carbonyl (C=O) groups excluding carboxylic acids is 1. The van der Waals surface area contributed by atoms with E-state index in [1.54, 1.807) is 25.3 Å². The fraction of sp³-hybridized carbons (Fsp3) is 0.105. The number of rotatable bonds is 5. The molecule has 2 N–H and O–H groups in total. The number of halogens is 1. The van der Waals surface area contributed by atoms with Crippen molar-refractivity contribution in [3.8, 4) is 5.75 Å². The summed E-state index contributed by atoms with van der Waals surface area (Å²) in [5, 5.41) is 6.42. The summed E-state index contributed by atoms with van der Waals surface area (Å²) in [6.07, 6.45) is 1.52. The van der Waals surface area contributed by atoms with Crippen molar-refractivity contribution >= 4 is 34.8 Å². The number of nitrogens with one attached hydrogen (secondary N) is 2. The number of amides is 1. The number of methoxy groups -OCH3 is 1. The lowest BCUT2D eigenvalue weighted by atomic mass is 10.2. The van der Waals surface area contributed by atoms with Crippen LogP contribution >= 0.6 is 11.6 Å². The maximum absolute atomic E-state index is 12.4. The maximum atomic E-state index is 12.4. The number of ether oxygens (including phenoxy) is 1. The molecule has 0 aliphatic heterocycles. The Morgan fingerprint density at radius 1 is 1.08 bits per heavy atom. The van der Waals surface area contributed by atoms with E-state index < -0.39 is 0 Å². The molecule has 26 heavy (non-hydrogen) atoms. The average molecular weight is 369 g/mol. The van der Waals surface area contributed by atoms with Crippen LogP contribution in [0.1, 0.15) is 16.1 Å². The van der Waals surface area contributed by atoms with Gasteiger partial charge in [0, 0.05) is 22.6 Å². The highest BCUT2D eigenvalue weighted by Gasteiger charge is 2.10. The molecule has 2 aromatic carbocycles. The van der Waals surface area contributed by atoms with E-state index >= 15 is 0 Å². The number of carbonyl (C=O) groups is 1. The van der Waals surface area contributed by atoms with Crippen LogP contribution in [0.5, 0.6) is 5.75 Å². The topological polar surface area (TPSA) is 76.1 Å². The van der Waals surface area contributed by atoms with Crippen LogP contribution in [0.3, 0.4) is 0 Å².